The maximum atomic E-state index is 12.7. The van der Waals surface area contributed by atoms with Crippen LogP contribution in [0.4, 0.5) is 0 Å². The van der Waals surface area contributed by atoms with Crippen molar-refractivity contribution in [3.05, 3.63) is 0 Å². The molecule has 1 amide bonds. The first-order valence-corrected chi connectivity index (χ1v) is 8.25. The fraction of sp³-hybridized carbons (Fsp3) is 0.938. The highest BCUT2D eigenvalue weighted by Crippen LogP contribution is 2.59. The molecular formula is C16H29ClN2O. The van der Waals surface area contributed by atoms with Gasteiger partial charge in [-0.25, -0.2) is 0 Å². The second kappa shape index (κ2) is 6.65. The van der Waals surface area contributed by atoms with Gasteiger partial charge < -0.3 is 10.2 Å². The molecule has 116 valence electrons. The average molecular weight is 301 g/mol. The van der Waals surface area contributed by atoms with Crippen molar-refractivity contribution in [2.45, 2.75) is 51.9 Å². The Hall–Kier alpha value is -0.280. The predicted octanol–water partition coefficient (Wildman–Crippen LogP) is 2.84. The van der Waals surface area contributed by atoms with Crippen LogP contribution in [0.3, 0.4) is 0 Å². The molecule has 0 radical (unpaired) electrons. The lowest BCUT2D eigenvalue weighted by Gasteiger charge is -2.26. The Morgan fingerprint density at radius 2 is 2.00 bits per heavy atom. The first-order chi connectivity index (χ1) is 9.25. The van der Waals surface area contributed by atoms with Crippen LogP contribution in [-0.4, -0.2) is 37.0 Å². The van der Waals surface area contributed by atoms with Gasteiger partial charge in [-0.3, -0.25) is 4.79 Å². The van der Waals surface area contributed by atoms with Crippen molar-refractivity contribution in [2.24, 2.45) is 17.3 Å². The van der Waals surface area contributed by atoms with Crippen LogP contribution in [-0.2, 0) is 4.79 Å². The van der Waals surface area contributed by atoms with E-state index in [4.69, 9.17) is 0 Å². The first-order valence-electron chi connectivity index (χ1n) is 8.25. The Bertz CT molecular complexity index is 341. The van der Waals surface area contributed by atoms with Gasteiger partial charge in [0.1, 0.15) is 0 Å². The van der Waals surface area contributed by atoms with Crippen LogP contribution >= 0.6 is 12.4 Å². The average Bonchev–Trinajstić information content (AvgIpc) is 3.18. The summed E-state index contributed by atoms with van der Waals surface area (Å²) < 4.78 is 0. The van der Waals surface area contributed by atoms with Gasteiger partial charge in [0.15, 0.2) is 0 Å². The van der Waals surface area contributed by atoms with Crippen molar-refractivity contribution >= 4 is 18.3 Å². The number of nitrogens with zero attached hydrogens (tertiary/aromatic N) is 1. The second-order valence-corrected chi connectivity index (χ2v) is 6.90. The number of carbonyl (C=O) groups excluding carboxylic acids is 1. The molecule has 1 N–H and O–H groups in total. The first kappa shape index (κ1) is 16.1. The van der Waals surface area contributed by atoms with E-state index in [9.17, 15) is 4.79 Å². The van der Waals surface area contributed by atoms with Crippen LogP contribution < -0.4 is 5.32 Å². The van der Waals surface area contributed by atoms with Crippen LogP contribution in [0.2, 0.25) is 0 Å². The van der Waals surface area contributed by atoms with Crippen LogP contribution in [0.1, 0.15) is 51.9 Å². The highest BCUT2D eigenvalue weighted by molar-refractivity contribution is 5.85. The van der Waals surface area contributed by atoms with Crippen molar-refractivity contribution < 1.29 is 4.79 Å². The zero-order valence-corrected chi connectivity index (χ0v) is 13.5. The maximum Gasteiger partial charge on any atom is 0.226 e. The Morgan fingerprint density at radius 1 is 1.25 bits per heavy atom. The Labute approximate surface area is 129 Å². The standard InChI is InChI=1S/C16H28N2O.ClH/c1-2-13-4-3-10-18(11-5-13)15(19)14-12-16(14)6-8-17-9-7-16;/h13-14,17H,2-12H2,1H3;1H. The lowest BCUT2D eigenvalue weighted by atomic mass is 9.91. The van der Waals surface area contributed by atoms with Gasteiger partial charge in [0.05, 0.1) is 0 Å². The topological polar surface area (TPSA) is 32.3 Å². The summed E-state index contributed by atoms with van der Waals surface area (Å²) in [7, 11) is 0. The Kier molecular flexibility index (Phi) is 5.36. The summed E-state index contributed by atoms with van der Waals surface area (Å²) in [4.78, 5) is 14.9. The minimum atomic E-state index is 0. The summed E-state index contributed by atoms with van der Waals surface area (Å²) >= 11 is 0. The SMILES string of the molecule is CCC1CCCN(C(=O)C2CC23CCNCC3)CC1.Cl. The third-order valence-corrected chi connectivity index (χ3v) is 5.82. The summed E-state index contributed by atoms with van der Waals surface area (Å²) in [6, 6.07) is 0. The van der Waals surface area contributed by atoms with E-state index < -0.39 is 0 Å². The number of piperidine rings is 1. The molecular weight excluding hydrogens is 272 g/mol. The molecule has 3 nitrogen and oxygen atoms in total. The van der Waals surface area contributed by atoms with E-state index in [-0.39, 0.29) is 12.4 Å². The molecule has 0 aromatic carbocycles. The zero-order chi connectivity index (χ0) is 13.3. The smallest absolute Gasteiger partial charge is 0.226 e. The number of hydrogen-bond donors (Lipinski definition) is 1. The maximum absolute atomic E-state index is 12.7. The molecule has 1 saturated carbocycles. The Balaban J connectivity index is 0.00000147. The quantitative estimate of drug-likeness (QED) is 0.850. The van der Waals surface area contributed by atoms with Gasteiger partial charge >= 0.3 is 0 Å². The van der Waals surface area contributed by atoms with Crippen molar-refractivity contribution in [1.82, 2.24) is 10.2 Å². The molecule has 2 heterocycles. The molecule has 0 bridgehead atoms. The summed E-state index contributed by atoms with van der Waals surface area (Å²) in [5.74, 6) is 1.70. The van der Waals surface area contributed by atoms with E-state index in [0.717, 1.165) is 32.1 Å². The van der Waals surface area contributed by atoms with E-state index in [1.165, 1.54) is 44.9 Å². The molecule has 2 atom stereocenters. The lowest BCUT2D eigenvalue weighted by Crippen LogP contribution is -2.37. The fourth-order valence-corrected chi connectivity index (χ4v) is 4.19. The largest absolute Gasteiger partial charge is 0.342 e. The van der Waals surface area contributed by atoms with E-state index >= 15 is 0 Å². The van der Waals surface area contributed by atoms with Crippen molar-refractivity contribution in [2.75, 3.05) is 26.2 Å². The van der Waals surface area contributed by atoms with Crippen molar-refractivity contribution in [1.29, 1.82) is 0 Å². The lowest BCUT2D eigenvalue weighted by molar-refractivity contribution is -0.133. The third-order valence-electron chi connectivity index (χ3n) is 5.82. The number of hydrogen-bond acceptors (Lipinski definition) is 2. The molecule has 3 fully saturated rings. The normalized spacial score (nSPS) is 32.4. The highest BCUT2D eigenvalue weighted by Gasteiger charge is 2.58. The number of halogens is 1. The predicted molar refractivity (Wildman–Crippen MR) is 84.1 cm³/mol. The molecule has 20 heavy (non-hydrogen) atoms. The molecule has 2 aliphatic heterocycles. The summed E-state index contributed by atoms with van der Waals surface area (Å²) in [6.07, 6.45) is 8.64. The molecule has 4 heteroatoms. The van der Waals surface area contributed by atoms with Gasteiger partial charge in [0, 0.05) is 19.0 Å². The van der Waals surface area contributed by atoms with Gasteiger partial charge in [-0.2, -0.15) is 0 Å². The van der Waals surface area contributed by atoms with Gasteiger partial charge in [-0.1, -0.05) is 13.3 Å². The number of carbonyl (C=O) groups is 1. The molecule has 2 unspecified atom stereocenters. The number of nitrogens with one attached hydrogen (secondary N) is 1. The Morgan fingerprint density at radius 3 is 2.70 bits per heavy atom. The van der Waals surface area contributed by atoms with Gasteiger partial charge in [-0.15, -0.1) is 12.4 Å². The van der Waals surface area contributed by atoms with Crippen LogP contribution in [0, 0.1) is 17.3 Å². The highest BCUT2D eigenvalue weighted by atomic mass is 35.5. The summed E-state index contributed by atoms with van der Waals surface area (Å²) in [5, 5.41) is 3.42. The fourth-order valence-electron chi connectivity index (χ4n) is 4.19. The number of likely N-dealkylation sites (tertiary alicyclic amines) is 1. The summed E-state index contributed by atoms with van der Waals surface area (Å²) in [6.45, 7) is 6.54. The molecule has 3 rings (SSSR count). The summed E-state index contributed by atoms with van der Waals surface area (Å²) in [5.41, 5.74) is 0.402. The second-order valence-electron chi connectivity index (χ2n) is 6.90. The van der Waals surface area contributed by atoms with Crippen LogP contribution in [0.5, 0.6) is 0 Å². The van der Waals surface area contributed by atoms with Gasteiger partial charge in [-0.05, 0) is 62.9 Å². The van der Waals surface area contributed by atoms with E-state index in [0.29, 0.717) is 17.2 Å². The van der Waals surface area contributed by atoms with E-state index in [2.05, 4.69) is 17.1 Å². The number of amides is 1. The van der Waals surface area contributed by atoms with Crippen LogP contribution in [0.15, 0.2) is 0 Å². The van der Waals surface area contributed by atoms with Crippen molar-refractivity contribution in [3.63, 3.8) is 0 Å². The minimum absolute atomic E-state index is 0. The number of rotatable bonds is 2. The monoisotopic (exact) mass is 300 g/mol. The molecule has 0 aromatic rings. The van der Waals surface area contributed by atoms with Crippen molar-refractivity contribution in [3.8, 4) is 0 Å². The van der Waals surface area contributed by atoms with E-state index in [1.807, 2.05) is 0 Å². The molecule has 3 aliphatic rings. The molecule has 1 spiro atoms. The van der Waals surface area contributed by atoms with E-state index in [1.54, 1.807) is 0 Å². The van der Waals surface area contributed by atoms with Gasteiger partial charge in [0.2, 0.25) is 5.91 Å². The minimum Gasteiger partial charge on any atom is -0.342 e. The molecule has 2 saturated heterocycles. The molecule has 1 aliphatic carbocycles. The zero-order valence-electron chi connectivity index (χ0n) is 12.7. The van der Waals surface area contributed by atoms with Crippen LogP contribution in [0.25, 0.3) is 0 Å². The molecule has 0 aromatic heterocycles. The third kappa shape index (κ3) is 3.14. The van der Waals surface area contributed by atoms with Gasteiger partial charge in [0.25, 0.3) is 0 Å².